The van der Waals surface area contributed by atoms with Crippen molar-refractivity contribution in [3.05, 3.63) is 44.9 Å². The summed E-state index contributed by atoms with van der Waals surface area (Å²) < 4.78 is 0. The lowest BCUT2D eigenvalue weighted by Crippen LogP contribution is -2.28. The molecule has 24 heavy (non-hydrogen) atoms. The molecule has 1 aromatic carbocycles. The quantitative estimate of drug-likeness (QED) is 0.708. The number of carbonyl (C=O) groups excluding carboxylic acids is 2. The average Bonchev–Trinajstić information content (AvgIpc) is 3.01. The maximum Gasteiger partial charge on any atom is 0.270 e. The van der Waals surface area contributed by atoms with Gasteiger partial charge in [-0.2, -0.15) is 0 Å². The van der Waals surface area contributed by atoms with Gasteiger partial charge in [0, 0.05) is 35.6 Å². The van der Waals surface area contributed by atoms with Crippen LogP contribution in [0.3, 0.4) is 0 Å². The highest BCUT2D eigenvalue weighted by Crippen LogP contribution is 2.22. The van der Waals surface area contributed by atoms with E-state index < -0.39 is 0 Å². The van der Waals surface area contributed by atoms with Crippen molar-refractivity contribution in [1.29, 1.82) is 0 Å². The fourth-order valence-corrected chi connectivity index (χ4v) is 2.67. The maximum atomic E-state index is 11.9. The van der Waals surface area contributed by atoms with Gasteiger partial charge in [0.2, 0.25) is 5.91 Å². The first-order valence-corrected chi connectivity index (χ1v) is 8.24. The van der Waals surface area contributed by atoms with Crippen LogP contribution >= 0.6 is 35.3 Å². The summed E-state index contributed by atoms with van der Waals surface area (Å²) in [6.07, 6.45) is 0.158. The molecule has 0 aliphatic carbocycles. The number of nitrogens with one attached hydrogen (secondary N) is 2. The highest BCUT2D eigenvalue weighted by Gasteiger charge is 2.11. The third kappa shape index (κ3) is 5.45. The van der Waals surface area contributed by atoms with E-state index in [2.05, 4.69) is 15.6 Å². The first-order chi connectivity index (χ1) is 11.0. The number of rotatable bonds is 6. The van der Waals surface area contributed by atoms with Crippen molar-refractivity contribution in [2.24, 2.45) is 5.73 Å². The van der Waals surface area contributed by atoms with Crippen LogP contribution in [0.2, 0.25) is 5.02 Å². The highest BCUT2D eigenvalue weighted by atomic mass is 35.5. The zero-order chi connectivity index (χ0) is 16.8. The number of halogens is 2. The fourth-order valence-electron chi connectivity index (χ4n) is 1.84. The molecule has 1 aromatic heterocycles. The van der Waals surface area contributed by atoms with Gasteiger partial charge in [-0.05, 0) is 24.6 Å². The first-order valence-electron chi connectivity index (χ1n) is 6.99. The van der Waals surface area contributed by atoms with Gasteiger partial charge in [-0.15, -0.1) is 23.7 Å². The van der Waals surface area contributed by atoms with Gasteiger partial charge < -0.3 is 16.4 Å². The molecule has 0 bridgehead atoms. The summed E-state index contributed by atoms with van der Waals surface area (Å²) in [6.45, 7) is 2.36. The van der Waals surface area contributed by atoms with E-state index >= 15 is 0 Å². The Morgan fingerprint density at radius 2 is 2.12 bits per heavy atom. The monoisotopic (exact) mass is 388 g/mol. The molecule has 0 aliphatic rings. The minimum atomic E-state index is -0.312. The van der Waals surface area contributed by atoms with Crippen LogP contribution in [-0.4, -0.2) is 23.3 Å². The number of anilines is 1. The molecular weight excluding hydrogens is 371 g/mol. The van der Waals surface area contributed by atoms with Gasteiger partial charge in [-0.1, -0.05) is 17.7 Å². The van der Waals surface area contributed by atoms with Crippen molar-refractivity contribution in [3.8, 4) is 0 Å². The summed E-state index contributed by atoms with van der Waals surface area (Å²) in [5, 5.41) is 8.37. The molecule has 0 spiro atoms. The molecule has 0 saturated heterocycles. The molecule has 6 nitrogen and oxygen atoms in total. The molecule has 0 fully saturated rings. The third-order valence-corrected chi connectivity index (χ3v) is 4.42. The lowest BCUT2D eigenvalue weighted by atomic mass is 10.2. The Kier molecular flexibility index (Phi) is 8.14. The van der Waals surface area contributed by atoms with Crippen LogP contribution in [0.1, 0.15) is 27.5 Å². The average molecular weight is 389 g/mol. The number of benzene rings is 1. The molecule has 9 heteroatoms. The van der Waals surface area contributed by atoms with E-state index in [1.54, 1.807) is 23.6 Å². The minimum Gasteiger partial charge on any atom is -0.350 e. The third-order valence-electron chi connectivity index (χ3n) is 3.14. The molecule has 2 amide bonds. The summed E-state index contributed by atoms with van der Waals surface area (Å²) in [5.74, 6) is -0.510. The molecule has 0 radical (unpaired) electrons. The van der Waals surface area contributed by atoms with E-state index in [1.807, 2.05) is 6.92 Å². The highest BCUT2D eigenvalue weighted by molar-refractivity contribution is 7.09. The second-order valence-electron chi connectivity index (χ2n) is 4.80. The summed E-state index contributed by atoms with van der Waals surface area (Å²) in [5.41, 5.74) is 7.25. The van der Waals surface area contributed by atoms with Crippen molar-refractivity contribution >= 4 is 52.8 Å². The Bertz CT molecular complexity index is 721. The van der Waals surface area contributed by atoms with E-state index in [0.717, 1.165) is 5.56 Å². The maximum absolute atomic E-state index is 11.9. The smallest absolute Gasteiger partial charge is 0.270 e. The number of amides is 2. The Labute approximate surface area is 155 Å². The van der Waals surface area contributed by atoms with Gasteiger partial charge in [0.15, 0.2) is 0 Å². The van der Waals surface area contributed by atoms with Gasteiger partial charge >= 0.3 is 0 Å². The summed E-state index contributed by atoms with van der Waals surface area (Å²) in [7, 11) is 0. The van der Waals surface area contributed by atoms with Crippen LogP contribution in [0.15, 0.2) is 23.6 Å². The Hall–Kier alpha value is -1.67. The number of hydrogen-bond acceptors (Lipinski definition) is 5. The minimum absolute atomic E-state index is 0. The molecule has 0 saturated carbocycles. The van der Waals surface area contributed by atoms with Crippen molar-refractivity contribution in [2.45, 2.75) is 19.9 Å². The molecule has 4 N–H and O–H groups in total. The standard InChI is InChI=1S/C15H17ClN4O2S.ClH/c1-9-10(16)3-2-4-11(9)19-13(21)5-6-18-15(22)12-8-23-14(7-17)20-12;/h2-4,8H,5-7,17H2,1H3,(H,18,22)(H,19,21);1H. The lowest BCUT2D eigenvalue weighted by molar-refractivity contribution is -0.116. The van der Waals surface area contributed by atoms with Crippen molar-refractivity contribution in [1.82, 2.24) is 10.3 Å². The van der Waals surface area contributed by atoms with Crippen LogP contribution < -0.4 is 16.4 Å². The molecule has 1 heterocycles. The van der Waals surface area contributed by atoms with Gasteiger partial charge in [0.1, 0.15) is 10.7 Å². The van der Waals surface area contributed by atoms with Crippen LogP contribution in [0, 0.1) is 6.92 Å². The number of carbonyl (C=O) groups is 2. The fraction of sp³-hybridized carbons (Fsp3) is 0.267. The molecule has 2 aromatic rings. The normalized spacial score (nSPS) is 9.96. The van der Waals surface area contributed by atoms with E-state index in [-0.39, 0.29) is 37.2 Å². The molecule has 0 atom stereocenters. The van der Waals surface area contributed by atoms with Gasteiger partial charge in [0.25, 0.3) is 5.91 Å². The number of hydrogen-bond donors (Lipinski definition) is 3. The largest absolute Gasteiger partial charge is 0.350 e. The zero-order valence-electron chi connectivity index (χ0n) is 13.0. The van der Waals surface area contributed by atoms with Crippen molar-refractivity contribution < 1.29 is 9.59 Å². The molecule has 2 rings (SSSR count). The van der Waals surface area contributed by atoms with Crippen LogP contribution in [0.25, 0.3) is 0 Å². The topological polar surface area (TPSA) is 97.1 Å². The van der Waals surface area contributed by atoms with Crippen molar-refractivity contribution in [2.75, 3.05) is 11.9 Å². The van der Waals surface area contributed by atoms with E-state index in [0.29, 0.717) is 28.0 Å². The van der Waals surface area contributed by atoms with Gasteiger partial charge in [-0.25, -0.2) is 4.98 Å². The zero-order valence-corrected chi connectivity index (χ0v) is 15.4. The van der Waals surface area contributed by atoms with Crippen molar-refractivity contribution in [3.63, 3.8) is 0 Å². The summed E-state index contributed by atoms with van der Waals surface area (Å²) >= 11 is 7.34. The Morgan fingerprint density at radius 1 is 1.38 bits per heavy atom. The molecule has 130 valence electrons. The molecule has 0 aliphatic heterocycles. The number of thiazole rings is 1. The first kappa shape index (κ1) is 20.4. The molecule has 0 unspecified atom stereocenters. The predicted molar refractivity (Wildman–Crippen MR) is 99.0 cm³/mol. The Balaban J connectivity index is 0.00000288. The van der Waals surface area contributed by atoms with E-state index in [1.165, 1.54) is 11.3 Å². The SMILES string of the molecule is Cc1c(Cl)cccc1NC(=O)CCNC(=O)c1csc(CN)n1.Cl. The van der Waals surface area contributed by atoms with Crippen LogP contribution in [0.4, 0.5) is 5.69 Å². The van der Waals surface area contributed by atoms with E-state index in [9.17, 15) is 9.59 Å². The van der Waals surface area contributed by atoms with Crippen LogP contribution in [0.5, 0.6) is 0 Å². The van der Waals surface area contributed by atoms with Gasteiger partial charge in [-0.3, -0.25) is 9.59 Å². The summed E-state index contributed by atoms with van der Waals surface area (Å²) in [4.78, 5) is 27.8. The number of nitrogens with two attached hydrogens (primary N) is 1. The number of nitrogens with zero attached hydrogens (tertiary/aromatic N) is 1. The second kappa shape index (κ2) is 9.58. The number of aromatic nitrogens is 1. The van der Waals surface area contributed by atoms with E-state index in [4.69, 9.17) is 17.3 Å². The Morgan fingerprint density at radius 3 is 2.79 bits per heavy atom. The lowest BCUT2D eigenvalue weighted by Gasteiger charge is -2.09. The summed E-state index contributed by atoms with van der Waals surface area (Å²) in [6, 6.07) is 5.31. The molecular formula is C15H18Cl2N4O2S. The van der Waals surface area contributed by atoms with Crippen LogP contribution in [-0.2, 0) is 11.3 Å². The van der Waals surface area contributed by atoms with Gasteiger partial charge in [0.05, 0.1) is 0 Å². The second-order valence-corrected chi connectivity index (χ2v) is 6.15. The predicted octanol–water partition coefficient (Wildman–Crippen LogP) is 2.74.